The third-order valence-electron chi connectivity index (χ3n) is 5.11. The molecule has 134 valence electrons. The van der Waals surface area contributed by atoms with Gasteiger partial charge in [-0.25, -0.2) is 4.39 Å². The smallest absolute Gasteiger partial charge is 0.123 e. The van der Waals surface area contributed by atoms with Gasteiger partial charge in [0.15, 0.2) is 0 Å². The Morgan fingerprint density at radius 3 is 2.76 bits per heavy atom. The lowest BCUT2D eigenvalue weighted by Gasteiger charge is -2.31. The van der Waals surface area contributed by atoms with Crippen LogP contribution in [0.2, 0.25) is 0 Å². The predicted octanol–water partition coefficient (Wildman–Crippen LogP) is 3.57. The lowest BCUT2D eigenvalue weighted by atomic mass is 9.97. The molecule has 1 aromatic carbocycles. The highest BCUT2D eigenvalue weighted by molar-refractivity contribution is 5.25. The predicted molar refractivity (Wildman–Crippen MR) is 94.7 cm³/mol. The number of hydrogen-bond donors (Lipinski definition) is 0. The molecule has 2 aliphatic rings. The Hall–Kier alpha value is -1.72. The molecule has 1 saturated carbocycles. The highest BCUT2D eigenvalue weighted by Crippen LogP contribution is 2.33. The highest BCUT2D eigenvalue weighted by Gasteiger charge is 2.30. The summed E-state index contributed by atoms with van der Waals surface area (Å²) in [7, 11) is 0. The summed E-state index contributed by atoms with van der Waals surface area (Å²) in [5.41, 5.74) is 3.67. The highest BCUT2D eigenvalue weighted by atomic mass is 19.1. The summed E-state index contributed by atoms with van der Waals surface area (Å²) in [6.45, 7) is 7.19. The molecule has 1 atom stereocenters. The molecule has 4 rings (SSSR count). The van der Waals surface area contributed by atoms with E-state index >= 15 is 0 Å². The average molecular weight is 343 g/mol. The Kier molecular flexibility index (Phi) is 4.86. The average Bonchev–Trinajstić information content (AvgIpc) is 3.32. The summed E-state index contributed by atoms with van der Waals surface area (Å²) in [6, 6.07) is 6.82. The van der Waals surface area contributed by atoms with Crippen LogP contribution in [-0.4, -0.2) is 34.4 Å². The van der Waals surface area contributed by atoms with Gasteiger partial charge in [-0.1, -0.05) is 12.1 Å². The summed E-state index contributed by atoms with van der Waals surface area (Å²) >= 11 is 0. The van der Waals surface area contributed by atoms with Crippen molar-refractivity contribution in [3.8, 4) is 0 Å². The van der Waals surface area contributed by atoms with Gasteiger partial charge in [0.1, 0.15) is 5.82 Å². The van der Waals surface area contributed by atoms with Crippen LogP contribution in [0.3, 0.4) is 0 Å². The van der Waals surface area contributed by atoms with Gasteiger partial charge >= 0.3 is 0 Å². The van der Waals surface area contributed by atoms with Crippen molar-refractivity contribution in [3.63, 3.8) is 0 Å². The Morgan fingerprint density at radius 1 is 1.24 bits per heavy atom. The van der Waals surface area contributed by atoms with E-state index in [-0.39, 0.29) is 5.82 Å². The van der Waals surface area contributed by atoms with E-state index in [0.717, 1.165) is 44.3 Å². The molecule has 4 nitrogen and oxygen atoms in total. The monoisotopic (exact) mass is 343 g/mol. The van der Waals surface area contributed by atoms with Crippen molar-refractivity contribution in [1.82, 2.24) is 14.7 Å². The molecule has 2 heterocycles. The van der Waals surface area contributed by atoms with Gasteiger partial charge in [-0.05, 0) is 43.4 Å². The van der Waals surface area contributed by atoms with Crippen molar-refractivity contribution < 1.29 is 9.13 Å². The first-order valence-corrected chi connectivity index (χ1v) is 9.32. The van der Waals surface area contributed by atoms with Crippen LogP contribution in [0.25, 0.3) is 0 Å². The second kappa shape index (κ2) is 7.26. The summed E-state index contributed by atoms with van der Waals surface area (Å²) in [5, 5.41) is 4.88. The number of ether oxygens (including phenoxy) is 1. The molecule has 0 radical (unpaired) electrons. The molecule has 1 fully saturated rings. The van der Waals surface area contributed by atoms with Crippen LogP contribution in [0.5, 0.6) is 0 Å². The number of aromatic nitrogens is 2. The molecule has 1 aliphatic carbocycles. The number of halogens is 1. The Morgan fingerprint density at radius 2 is 2.04 bits per heavy atom. The molecule has 0 spiro atoms. The van der Waals surface area contributed by atoms with E-state index in [2.05, 4.69) is 15.8 Å². The maximum Gasteiger partial charge on any atom is 0.123 e. The Balaban J connectivity index is 1.50. The van der Waals surface area contributed by atoms with Gasteiger partial charge in [-0.15, -0.1) is 0 Å². The number of hydrogen-bond acceptors (Lipinski definition) is 3. The Labute approximate surface area is 148 Å². The van der Waals surface area contributed by atoms with E-state index in [1.807, 2.05) is 19.1 Å². The van der Waals surface area contributed by atoms with Crippen molar-refractivity contribution in [2.75, 3.05) is 19.8 Å². The fourth-order valence-corrected chi connectivity index (χ4v) is 3.67. The number of benzene rings is 1. The fraction of sp³-hybridized carbons (Fsp3) is 0.550. The molecule has 25 heavy (non-hydrogen) atoms. The lowest BCUT2D eigenvalue weighted by molar-refractivity contribution is 0.104. The normalized spacial score (nSPS) is 20.6. The summed E-state index contributed by atoms with van der Waals surface area (Å²) < 4.78 is 21.0. The van der Waals surface area contributed by atoms with Gasteiger partial charge in [0.05, 0.1) is 12.3 Å². The van der Waals surface area contributed by atoms with Crippen LogP contribution < -0.4 is 0 Å². The molecule has 0 unspecified atom stereocenters. The second-order valence-electron chi connectivity index (χ2n) is 7.36. The molecular formula is C20H26FN3O. The molecular weight excluding hydrogens is 317 g/mol. The van der Waals surface area contributed by atoms with E-state index in [1.165, 1.54) is 36.2 Å². The summed E-state index contributed by atoms with van der Waals surface area (Å²) in [5.74, 6) is 0.951. The lowest BCUT2D eigenvalue weighted by Crippen LogP contribution is -2.34. The maximum atomic E-state index is 13.1. The van der Waals surface area contributed by atoms with Gasteiger partial charge in [0.25, 0.3) is 0 Å². The van der Waals surface area contributed by atoms with Crippen molar-refractivity contribution in [1.29, 1.82) is 0 Å². The van der Waals surface area contributed by atoms with Gasteiger partial charge in [-0.3, -0.25) is 9.58 Å². The topological polar surface area (TPSA) is 30.3 Å². The van der Waals surface area contributed by atoms with Crippen molar-refractivity contribution in [3.05, 3.63) is 53.1 Å². The molecule has 0 N–H and O–H groups in total. The molecule has 5 heteroatoms. The fourth-order valence-electron chi connectivity index (χ4n) is 3.67. The zero-order chi connectivity index (χ0) is 17.2. The second-order valence-corrected chi connectivity index (χ2v) is 7.36. The molecule has 2 aromatic rings. The third kappa shape index (κ3) is 4.10. The van der Waals surface area contributed by atoms with Gasteiger partial charge in [0.2, 0.25) is 0 Å². The van der Waals surface area contributed by atoms with Crippen LogP contribution in [0.4, 0.5) is 4.39 Å². The van der Waals surface area contributed by atoms with Crippen LogP contribution in [0.1, 0.15) is 42.5 Å². The largest absolute Gasteiger partial charge is 0.381 e. The third-order valence-corrected chi connectivity index (χ3v) is 5.11. The van der Waals surface area contributed by atoms with E-state index in [9.17, 15) is 4.39 Å². The van der Waals surface area contributed by atoms with E-state index in [0.29, 0.717) is 12.5 Å². The first kappa shape index (κ1) is 16.7. The summed E-state index contributed by atoms with van der Waals surface area (Å²) in [4.78, 5) is 2.42. The molecule has 0 saturated heterocycles. The minimum atomic E-state index is -0.180. The van der Waals surface area contributed by atoms with Crippen molar-refractivity contribution in [2.45, 2.75) is 45.3 Å². The minimum Gasteiger partial charge on any atom is -0.381 e. The first-order chi connectivity index (χ1) is 12.2. The number of nitrogens with zero attached hydrogens (tertiary/aromatic N) is 3. The van der Waals surface area contributed by atoms with Crippen LogP contribution in [-0.2, 0) is 24.4 Å². The van der Waals surface area contributed by atoms with Gasteiger partial charge in [0, 0.05) is 50.5 Å². The quantitative estimate of drug-likeness (QED) is 0.770. The molecule has 0 amide bonds. The van der Waals surface area contributed by atoms with Gasteiger partial charge in [-0.2, -0.15) is 5.10 Å². The standard InChI is InChI=1S/C20H26FN3O/c1-2-25-14-18-12-23(9-15-5-7-19(21)8-6-15)11-17-13-24(22-20(17)18)10-16-3-4-16/h5-8,13,16,18H,2-4,9-12,14H2,1H3/t18-/m1/s1. The molecule has 0 bridgehead atoms. The van der Waals surface area contributed by atoms with Crippen molar-refractivity contribution >= 4 is 0 Å². The van der Waals surface area contributed by atoms with E-state index in [1.54, 1.807) is 0 Å². The SMILES string of the molecule is CCOC[C@H]1CN(Cc2ccc(F)cc2)Cc2cn(CC3CC3)nc21. The van der Waals surface area contributed by atoms with E-state index < -0.39 is 0 Å². The van der Waals surface area contributed by atoms with Crippen molar-refractivity contribution in [2.24, 2.45) is 5.92 Å². The zero-order valence-electron chi connectivity index (χ0n) is 14.8. The number of fused-ring (bicyclic) bond motifs is 1. The van der Waals surface area contributed by atoms with Gasteiger partial charge < -0.3 is 4.74 Å². The van der Waals surface area contributed by atoms with Crippen LogP contribution in [0, 0.1) is 11.7 Å². The van der Waals surface area contributed by atoms with Crippen LogP contribution in [0.15, 0.2) is 30.5 Å². The van der Waals surface area contributed by atoms with Crippen LogP contribution >= 0.6 is 0 Å². The maximum absolute atomic E-state index is 13.1. The minimum absolute atomic E-state index is 0.180. The first-order valence-electron chi connectivity index (χ1n) is 9.32. The summed E-state index contributed by atoms with van der Waals surface area (Å²) in [6.07, 6.45) is 4.90. The Bertz CT molecular complexity index is 708. The van der Waals surface area contributed by atoms with E-state index in [4.69, 9.17) is 9.84 Å². The number of rotatable bonds is 7. The molecule has 1 aliphatic heterocycles. The zero-order valence-corrected chi connectivity index (χ0v) is 14.8. The molecule has 1 aromatic heterocycles.